The van der Waals surface area contributed by atoms with Crippen LogP contribution in [-0.2, 0) is 0 Å². The molecule has 0 heterocycles. The van der Waals surface area contributed by atoms with Crippen LogP contribution < -0.4 is 0 Å². The van der Waals surface area contributed by atoms with Gasteiger partial charge < -0.3 is 5.11 Å². The molecule has 2 heteroatoms. The van der Waals surface area contributed by atoms with Crippen LogP contribution in [0.5, 0.6) is 0 Å². The van der Waals surface area contributed by atoms with Crippen LogP contribution in [0, 0.1) is 0 Å². The van der Waals surface area contributed by atoms with Gasteiger partial charge in [-0.3, -0.25) is 0 Å². The van der Waals surface area contributed by atoms with Gasteiger partial charge in [0.1, 0.15) is 0 Å². The number of hydrogen-bond donors (Lipinski definition) is 1. The lowest BCUT2D eigenvalue weighted by atomic mass is 9.96. The van der Waals surface area contributed by atoms with Crippen LogP contribution in [0.25, 0.3) is 0 Å². The summed E-state index contributed by atoms with van der Waals surface area (Å²) >= 11 is 0. The summed E-state index contributed by atoms with van der Waals surface area (Å²) < 4.78 is 0. The molecular formula is C19H37OP. The van der Waals surface area contributed by atoms with Gasteiger partial charge in [0.05, 0.1) is 0 Å². The normalized spacial score (nSPS) is 15.7. The summed E-state index contributed by atoms with van der Waals surface area (Å²) in [6.07, 6.45) is 18.8. The molecule has 0 aromatic rings. The van der Waals surface area contributed by atoms with Gasteiger partial charge in [-0.15, -0.1) is 7.92 Å². The SMILES string of the molecule is CCCCP(CCC)CCCC1=C(C)CCC=C1.CCO. The summed E-state index contributed by atoms with van der Waals surface area (Å²) in [4.78, 5) is 0. The van der Waals surface area contributed by atoms with Crippen molar-refractivity contribution in [2.45, 2.75) is 72.6 Å². The van der Waals surface area contributed by atoms with E-state index in [1.807, 2.05) is 0 Å². The number of rotatable bonds is 9. The minimum Gasteiger partial charge on any atom is -0.397 e. The van der Waals surface area contributed by atoms with Crippen molar-refractivity contribution in [3.63, 3.8) is 0 Å². The van der Waals surface area contributed by atoms with Crippen LogP contribution in [-0.4, -0.2) is 30.2 Å². The van der Waals surface area contributed by atoms with E-state index in [2.05, 4.69) is 32.9 Å². The van der Waals surface area contributed by atoms with Crippen LogP contribution in [0.4, 0.5) is 0 Å². The first-order chi connectivity index (χ1) is 10.2. The average molecular weight is 312 g/mol. The molecule has 0 aromatic heterocycles. The number of allylic oxidation sites excluding steroid dienone is 4. The molecule has 1 aliphatic rings. The highest BCUT2D eigenvalue weighted by Crippen LogP contribution is 2.39. The summed E-state index contributed by atoms with van der Waals surface area (Å²) in [6.45, 7) is 8.92. The van der Waals surface area contributed by atoms with Crippen molar-refractivity contribution in [2.24, 2.45) is 0 Å². The van der Waals surface area contributed by atoms with Gasteiger partial charge in [0.25, 0.3) is 0 Å². The molecule has 0 fully saturated rings. The lowest BCUT2D eigenvalue weighted by Crippen LogP contribution is -1.97. The molecule has 1 aliphatic carbocycles. The first-order valence-corrected chi connectivity index (χ1v) is 10.8. The summed E-state index contributed by atoms with van der Waals surface area (Å²) in [6, 6.07) is 0. The first-order valence-electron chi connectivity index (χ1n) is 8.87. The van der Waals surface area contributed by atoms with E-state index in [0.717, 1.165) is 0 Å². The Morgan fingerprint density at radius 3 is 2.29 bits per heavy atom. The van der Waals surface area contributed by atoms with Crippen molar-refractivity contribution in [3.8, 4) is 0 Å². The average Bonchev–Trinajstić information content (AvgIpc) is 2.47. The molecule has 0 saturated carbocycles. The molecule has 124 valence electrons. The summed E-state index contributed by atoms with van der Waals surface area (Å²) in [5.41, 5.74) is 3.29. The Kier molecular flexibility index (Phi) is 14.7. The molecule has 0 bridgehead atoms. The number of hydrogen-bond acceptors (Lipinski definition) is 1. The van der Waals surface area contributed by atoms with Crippen molar-refractivity contribution >= 4 is 7.92 Å². The van der Waals surface area contributed by atoms with Crippen LogP contribution in [0.1, 0.15) is 72.6 Å². The predicted molar refractivity (Wildman–Crippen MR) is 99.8 cm³/mol. The summed E-state index contributed by atoms with van der Waals surface area (Å²) in [5.74, 6) is 0. The summed E-state index contributed by atoms with van der Waals surface area (Å²) in [7, 11) is 0.345. The fourth-order valence-corrected chi connectivity index (χ4v) is 5.32. The molecular weight excluding hydrogens is 275 g/mol. The second-order valence-electron chi connectivity index (χ2n) is 5.86. The molecule has 21 heavy (non-hydrogen) atoms. The zero-order valence-corrected chi connectivity index (χ0v) is 15.7. The van der Waals surface area contributed by atoms with Crippen molar-refractivity contribution in [2.75, 3.05) is 25.1 Å². The fraction of sp³-hybridized carbons (Fsp3) is 0.789. The lowest BCUT2D eigenvalue weighted by Gasteiger charge is -2.18. The number of aliphatic hydroxyl groups excluding tert-OH is 1. The molecule has 1 nitrogen and oxygen atoms in total. The van der Waals surface area contributed by atoms with Gasteiger partial charge in [0.15, 0.2) is 0 Å². The monoisotopic (exact) mass is 312 g/mol. The molecule has 0 amide bonds. The Bertz CT molecular complexity index is 294. The zero-order valence-electron chi connectivity index (χ0n) is 14.8. The largest absolute Gasteiger partial charge is 0.397 e. The Labute approximate surface area is 134 Å². The molecule has 0 spiro atoms. The number of aliphatic hydroxyl groups is 1. The van der Waals surface area contributed by atoms with E-state index in [-0.39, 0.29) is 6.61 Å². The van der Waals surface area contributed by atoms with Crippen LogP contribution in [0.3, 0.4) is 0 Å². The molecule has 1 rings (SSSR count). The third kappa shape index (κ3) is 11.1. The number of unbranched alkanes of at least 4 members (excludes halogenated alkanes) is 1. The van der Waals surface area contributed by atoms with Gasteiger partial charge in [-0.05, 0) is 70.0 Å². The molecule has 0 aliphatic heterocycles. The third-order valence-electron chi connectivity index (χ3n) is 3.84. The highest BCUT2D eigenvalue weighted by Gasteiger charge is 2.08. The van der Waals surface area contributed by atoms with E-state index in [1.54, 1.807) is 18.1 Å². The standard InChI is InChI=1S/C17H31P.C2H6O/c1-4-6-14-18(13-5-2)15-9-12-17-11-8-7-10-16(17)3;1-2-3/h8,11H,4-7,9-10,12-15H2,1-3H3;3H,2H2,1H3. The van der Waals surface area contributed by atoms with Gasteiger partial charge in [0.2, 0.25) is 0 Å². The molecule has 1 N–H and O–H groups in total. The van der Waals surface area contributed by atoms with Gasteiger partial charge in [-0.25, -0.2) is 0 Å². The summed E-state index contributed by atoms with van der Waals surface area (Å²) in [5, 5.41) is 7.57. The van der Waals surface area contributed by atoms with E-state index in [4.69, 9.17) is 5.11 Å². The maximum atomic E-state index is 7.57. The smallest absolute Gasteiger partial charge is 0.0402 e. The second kappa shape index (κ2) is 14.8. The van der Waals surface area contributed by atoms with Crippen molar-refractivity contribution < 1.29 is 5.11 Å². The fourth-order valence-electron chi connectivity index (χ4n) is 2.65. The Hall–Kier alpha value is -0.130. The molecule has 1 unspecified atom stereocenters. The highest BCUT2D eigenvalue weighted by atomic mass is 31.1. The van der Waals surface area contributed by atoms with Gasteiger partial charge in [-0.2, -0.15) is 0 Å². The topological polar surface area (TPSA) is 20.2 Å². The van der Waals surface area contributed by atoms with E-state index in [1.165, 1.54) is 63.4 Å². The molecule has 1 atom stereocenters. The minimum absolute atomic E-state index is 0.250. The van der Waals surface area contributed by atoms with Crippen molar-refractivity contribution in [1.82, 2.24) is 0 Å². The van der Waals surface area contributed by atoms with Crippen LogP contribution in [0.15, 0.2) is 23.3 Å². The van der Waals surface area contributed by atoms with E-state index < -0.39 is 0 Å². The van der Waals surface area contributed by atoms with E-state index in [9.17, 15) is 0 Å². The van der Waals surface area contributed by atoms with Gasteiger partial charge >= 0.3 is 0 Å². The lowest BCUT2D eigenvalue weighted by molar-refractivity contribution is 0.318. The van der Waals surface area contributed by atoms with Gasteiger partial charge in [-0.1, -0.05) is 44.4 Å². The Morgan fingerprint density at radius 1 is 1.05 bits per heavy atom. The second-order valence-corrected chi connectivity index (χ2v) is 8.54. The Balaban J connectivity index is 0.00000122. The van der Waals surface area contributed by atoms with Crippen molar-refractivity contribution in [3.05, 3.63) is 23.3 Å². The predicted octanol–water partition coefficient (Wildman–Crippen LogP) is 6.12. The van der Waals surface area contributed by atoms with Crippen LogP contribution >= 0.6 is 7.92 Å². The molecule has 0 aromatic carbocycles. The highest BCUT2D eigenvalue weighted by molar-refractivity contribution is 7.57. The van der Waals surface area contributed by atoms with Gasteiger partial charge in [0, 0.05) is 6.61 Å². The molecule has 0 saturated heterocycles. The molecule has 0 radical (unpaired) electrons. The minimum atomic E-state index is 0.250. The van der Waals surface area contributed by atoms with E-state index in [0.29, 0.717) is 7.92 Å². The maximum absolute atomic E-state index is 7.57. The third-order valence-corrected chi connectivity index (χ3v) is 6.82. The Morgan fingerprint density at radius 2 is 1.71 bits per heavy atom. The quantitative estimate of drug-likeness (QED) is 0.508. The first kappa shape index (κ1) is 20.9. The van der Waals surface area contributed by atoms with Crippen molar-refractivity contribution in [1.29, 1.82) is 0 Å². The zero-order chi connectivity index (χ0) is 15.9. The van der Waals surface area contributed by atoms with E-state index >= 15 is 0 Å². The van der Waals surface area contributed by atoms with Crippen LogP contribution in [0.2, 0.25) is 0 Å². The maximum Gasteiger partial charge on any atom is 0.0402 e.